The standard InChI is InChI=1S/C29H27N5O4S/c1-17-9-11-19(12-10-17)23(36)16-39-29-32-28-30-18(2)25(27(37)31-21-7-5-4-6-8-21)26(34(28)33-29)20-13-14-22(35)24(15-20)38-3/h4-15,26,35H,16H2,1-3H3,(H,31,37)(H,30,32,33)/t26-/m1/s1. The van der Waals surface area contributed by atoms with Crippen LogP contribution in [0.3, 0.4) is 0 Å². The van der Waals surface area contributed by atoms with E-state index in [9.17, 15) is 14.7 Å². The van der Waals surface area contributed by atoms with Crippen LogP contribution in [0, 0.1) is 6.92 Å². The highest BCUT2D eigenvalue weighted by Crippen LogP contribution is 2.39. The number of hydrogen-bond acceptors (Lipinski definition) is 8. The van der Waals surface area contributed by atoms with Crippen LogP contribution in [0.5, 0.6) is 11.5 Å². The normalized spacial score (nSPS) is 14.4. The molecule has 0 bridgehead atoms. The second-order valence-corrected chi connectivity index (χ2v) is 10.0. The van der Waals surface area contributed by atoms with Gasteiger partial charge >= 0.3 is 0 Å². The van der Waals surface area contributed by atoms with Gasteiger partial charge in [-0.05, 0) is 43.7 Å². The maximum absolute atomic E-state index is 13.6. The van der Waals surface area contributed by atoms with E-state index in [1.54, 1.807) is 23.7 Å². The quantitative estimate of drug-likeness (QED) is 0.206. The van der Waals surface area contributed by atoms with Crippen molar-refractivity contribution in [1.29, 1.82) is 0 Å². The lowest BCUT2D eigenvalue weighted by molar-refractivity contribution is -0.113. The molecule has 0 spiro atoms. The van der Waals surface area contributed by atoms with E-state index in [1.165, 1.54) is 24.9 Å². The molecule has 4 aromatic rings. The lowest BCUT2D eigenvalue weighted by Gasteiger charge is -2.29. The molecule has 5 rings (SSSR count). The van der Waals surface area contributed by atoms with Crippen molar-refractivity contribution in [2.45, 2.75) is 25.0 Å². The van der Waals surface area contributed by atoms with Gasteiger partial charge in [0.25, 0.3) is 5.91 Å². The van der Waals surface area contributed by atoms with Crippen LogP contribution in [0.1, 0.15) is 34.5 Å². The summed E-state index contributed by atoms with van der Waals surface area (Å²) >= 11 is 1.23. The third-order valence-corrected chi connectivity index (χ3v) is 7.17. The van der Waals surface area contributed by atoms with Crippen molar-refractivity contribution in [3.63, 3.8) is 0 Å². The summed E-state index contributed by atoms with van der Waals surface area (Å²) in [5.74, 6) is 0.511. The SMILES string of the molecule is COc1cc([C@@H]2C(C(=O)Nc3ccccc3)=C(C)Nc3nc(SCC(=O)c4ccc(C)cc4)nn32)ccc1O. The molecule has 3 N–H and O–H groups in total. The number of phenols is 1. The second kappa shape index (κ2) is 11.0. The summed E-state index contributed by atoms with van der Waals surface area (Å²) in [5, 5.41) is 21.4. The molecule has 1 amide bonds. The van der Waals surface area contributed by atoms with Gasteiger partial charge in [0, 0.05) is 16.9 Å². The van der Waals surface area contributed by atoms with Gasteiger partial charge in [-0.15, -0.1) is 5.10 Å². The van der Waals surface area contributed by atoms with Gasteiger partial charge in [-0.2, -0.15) is 4.98 Å². The number of anilines is 2. The number of Topliss-reactive ketones (excluding diaryl/α,β-unsaturated/α-hetero) is 1. The summed E-state index contributed by atoms with van der Waals surface area (Å²) in [6.45, 7) is 3.77. The van der Waals surface area contributed by atoms with Gasteiger partial charge in [-0.25, -0.2) is 4.68 Å². The zero-order chi connectivity index (χ0) is 27.5. The third-order valence-electron chi connectivity index (χ3n) is 6.33. The Kier molecular flexibility index (Phi) is 7.38. The third kappa shape index (κ3) is 5.51. The Labute approximate surface area is 229 Å². The van der Waals surface area contributed by atoms with Crippen LogP contribution in [-0.4, -0.2) is 44.4 Å². The molecule has 0 saturated carbocycles. The number of nitrogens with one attached hydrogen (secondary N) is 2. The van der Waals surface area contributed by atoms with Crippen molar-refractivity contribution in [2.75, 3.05) is 23.5 Å². The summed E-state index contributed by atoms with van der Waals surface area (Å²) in [4.78, 5) is 30.9. The molecule has 2 heterocycles. The highest BCUT2D eigenvalue weighted by Gasteiger charge is 2.35. The number of fused-ring (bicyclic) bond motifs is 1. The smallest absolute Gasteiger partial charge is 0.255 e. The van der Waals surface area contributed by atoms with Crippen molar-refractivity contribution in [1.82, 2.24) is 14.8 Å². The number of nitrogens with zero attached hydrogens (tertiary/aromatic N) is 3. The minimum atomic E-state index is -0.672. The average Bonchev–Trinajstić information content (AvgIpc) is 3.34. The monoisotopic (exact) mass is 541 g/mol. The summed E-state index contributed by atoms with van der Waals surface area (Å²) in [6, 6.07) is 20.8. The van der Waals surface area contributed by atoms with Crippen molar-refractivity contribution >= 4 is 35.1 Å². The molecule has 1 aliphatic heterocycles. The van der Waals surface area contributed by atoms with Gasteiger partial charge < -0.3 is 20.5 Å². The van der Waals surface area contributed by atoms with E-state index >= 15 is 0 Å². The number of rotatable bonds is 8. The molecule has 3 aromatic carbocycles. The second-order valence-electron chi connectivity index (χ2n) is 9.06. The summed E-state index contributed by atoms with van der Waals surface area (Å²) in [6.07, 6.45) is 0. The van der Waals surface area contributed by atoms with Crippen LogP contribution in [0.15, 0.2) is 89.2 Å². The number of thioether (sulfide) groups is 1. The minimum Gasteiger partial charge on any atom is -0.504 e. The van der Waals surface area contributed by atoms with Gasteiger partial charge in [-0.1, -0.05) is 65.9 Å². The van der Waals surface area contributed by atoms with E-state index in [-0.39, 0.29) is 28.9 Å². The Morgan fingerprint density at radius 3 is 2.54 bits per heavy atom. The average molecular weight is 542 g/mol. The fourth-order valence-corrected chi connectivity index (χ4v) is 5.06. The zero-order valence-corrected chi connectivity index (χ0v) is 22.5. The number of amides is 1. The fraction of sp³-hybridized carbons (Fsp3) is 0.172. The number of aromatic nitrogens is 3. The van der Waals surface area contributed by atoms with Crippen LogP contribution in [-0.2, 0) is 4.79 Å². The summed E-state index contributed by atoms with van der Waals surface area (Å²) in [7, 11) is 1.46. The van der Waals surface area contributed by atoms with Crippen LogP contribution in [0.25, 0.3) is 0 Å². The fourth-order valence-electron chi connectivity index (χ4n) is 4.33. The first-order chi connectivity index (χ1) is 18.8. The largest absolute Gasteiger partial charge is 0.504 e. The molecule has 1 aliphatic rings. The molecule has 0 radical (unpaired) electrons. The molecule has 0 unspecified atom stereocenters. The number of ketones is 1. The first kappa shape index (κ1) is 26.1. The molecule has 198 valence electrons. The highest BCUT2D eigenvalue weighted by molar-refractivity contribution is 7.99. The van der Waals surface area contributed by atoms with Crippen molar-refractivity contribution in [2.24, 2.45) is 0 Å². The van der Waals surface area contributed by atoms with Crippen molar-refractivity contribution in [3.05, 3.63) is 101 Å². The lowest BCUT2D eigenvalue weighted by Crippen LogP contribution is -2.31. The molecular formula is C29H27N5O4S. The first-order valence-electron chi connectivity index (χ1n) is 12.2. The van der Waals surface area contributed by atoms with E-state index in [1.807, 2.05) is 61.5 Å². The van der Waals surface area contributed by atoms with Gasteiger partial charge in [0.1, 0.15) is 6.04 Å². The molecular weight excluding hydrogens is 514 g/mol. The number of allylic oxidation sites excluding steroid dienone is 1. The predicted molar refractivity (Wildman–Crippen MR) is 150 cm³/mol. The topological polar surface area (TPSA) is 118 Å². The number of para-hydroxylation sites is 1. The number of aryl methyl sites for hydroxylation is 1. The minimum absolute atomic E-state index is 0.0177. The maximum Gasteiger partial charge on any atom is 0.255 e. The molecule has 9 nitrogen and oxygen atoms in total. The van der Waals surface area contributed by atoms with E-state index in [4.69, 9.17) is 4.74 Å². The molecule has 1 atom stereocenters. The lowest BCUT2D eigenvalue weighted by atomic mass is 9.94. The van der Waals surface area contributed by atoms with Gasteiger partial charge in [-0.3, -0.25) is 9.59 Å². The molecule has 10 heteroatoms. The van der Waals surface area contributed by atoms with Crippen LogP contribution >= 0.6 is 11.8 Å². The number of aromatic hydroxyl groups is 1. The Hall–Kier alpha value is -4.57. The van der Waals surface area contributed by atoms with E-state index < -0.39 is 6.04 Å². The van der Waals surface area contributed by atoms with Crippen molar-refractivity contribution in [3.8, 4) is 11.5 Å². The first-order valence-corrected chi connectivity index (χ1v) is 13.2. The van der Waals surface area contributed by atoms with Crippen LogP contribution < -0.4 is 15.4 Å². The Balaban J connectivity index is 1.48. The number of phenolic OH excluding ortho intramolecular Hbond substituents is 1. The summed E-state index contributed by atoms with van der Waals surface area (Å²) in [5.41, 5.74) is 4.06. The number of benzene rings is 3. The zero-order valence-electron chi connectivity index (χ0n) is 21.6. The van der Waals surface area contributed by atoms with E-state index in [0.29, 0.717) is 39.2 Å². The summed E-state index contributed by atoms with van der Waals surface area (Å²) < 4.78 is 6.96. The number of carbonyl (C=O) groups excluding carboxylic acids is 2. The Morgan fingerprint density at radius 1 is 1.08 bits per heavy atom. The Morgan fingerprint density at radius 2 is 1.82 bits per heavy atom. The number of carbonyl (C=O) groups is 2. The predicted octanol–water partition coefficient (Wildman–Crippen LogP) is 5.20. The molecule has 39 heavy (non-hydrogen) atoms. The molecule has 1 aromatic heterocycles. The van der Waals surface area contributed by atoms with Gasteiger partial charge in [0.15, 0.2) is 17.3 Å². The number of methoxy groups -OCH3 is 1. The van der Waals surface area contributed by atoms with Crippen molar-refractivity contribution < 1.29 is 19.4 Å². The van der Waals surface area contributed by atoms with E-state index in [0.717, 1.165) is 5.56 Å². The van der Waals surface area contributed by atoms with E-state index in [2.05, 4.69) is 20.7 Å². The Bertz CT molecular complexity index is 1560. The molecule has 0 fully saturated rings. The van der Waals surface area contributed by atoms with Gasteiger partial charge in [0.05, 0.1) is 18.4 Å². The number of hydrogen-bond donors (Lipinski definition) is 3. The van der Waals surface area contributed by atoms with Crippen LogP contribution in [0.4, 0.5) is 11.6 Å². The molecule has 0 aliphatic carbocycles. The maximum atomic E-state index is 13.6. The highest BCUT2D eigenvalue weighted by atomic mass is 32.2. The van der Waals surface area contributed by atoms with Crippen LogP contribution in [0.2, 0.25) is 0 Å². The van der Waals surface area contributed by atoms with Gasteiger partial charge in [0.2, 0.25) is 11.1 Å². The molecule has 0 saturated heterocycles. The number of ether oxygens (including phenoxy) is 1.